The lowest BCUT2D eigenvalue weighted by Crippen LogP contribution is -2.61. The van der Waals surface area contributed by atoms with Gasteiger partial charge in [0.2, 0.25) is 6.29 Å². The number of carbonyl (C=O) groups is 3. The molecule has 2 aromatic heterocycles. The number of aryl methyl sites for hydroxylation is 1. The number of alkyl carbamates (subject to hydrolysis) is 1. The monoisotopic (exact) mass is 844 g/mol. The number of pyridine rings is 2. The van der Waals surface area contributed by atoms with Gasteiger partial charge in [-0.3, -0.25) is 14.9 Å². The number of esters is 1. The van der Waals surface area contributed by atoms with Crippen LogP contribution in [0.15, 0.2) is 35.1 Å². The van der Waals surface area contributed by atoms with Crippen molar-refractivity contribution in [2.24, 2.45) is 0 Å². The molecule has 8 atom stereocenters. The molecule has 5 heterocycles. The fourth-order valence-electron chi connectivity index (χ4n) is 8.59. The van der Waals surface area contributed by atoms with Crippen LogP contribution >= 0.6 is 0 Å². The van der Waals surface area contributed by atoms with Gasteiger partial charge >= 0.3 is 23.7 Å². The van der Waals surface area contributed by atoms with Gasteiger partial charge in [0.05, 0.1) is 46.4 Å². The number of fused-ring (bicyclic) bond motifs is 5. The van der Waals surface area contributed by atoms with E-state index in [1.807, 2.05) is 0 Å². The van der Waals surface area contributed by atoms with Crippen molar-refractivity contribution in [2.75, 3.05) is 0 Å². The van der Waals surface area contributed by atoms with Crippen LogP contribution in [0.5, 0.6) is 5.75 Å². The van der Waals surface area contributed by atoms with E-state index in [1.165, 1.54) is 22.8 Å². The third kappa shape index (κ3) is 6.61. The van der Waals surface area contributed by atoms with E-state index in [1.54, 1.807) is 13.8 Å². The predicted octanol–water partition coefficient (Wildman–Crippen LogP) is 2.18. The van der Waals surface area contributed by atoms with Gasteiger partial charge in [0.25, 0.3) is 5.56 Å². The first kappa shape index (κ1) is 41.2. The molecule has 318 valence electrons. The Hall–Kier alpha value is -6.50. The first-order valence-electron chi connectivity index (χ1n) is 19.1. The zero-order valence-electron chi connectivity index (χ0n) is 32.3. The summed E-state index contributed by atoms with van der Waals surface area (Å²) < 4.78 is 38.3. The minimum absolute atomic E-state index is 0.0200. The van der Waals surface area contributed by atoms with Crippen LogP contribution in [-0.4, -0.2) is 88.7 Å². The molecule has 8 rings (SSSR count). The quantitative estimate of drug-likeness (QED) is 0.0537. The number of ether oxygens (including phenoxy) is 4. The van der Waals surface area contributed by atoms with Crippen molar-refractivity contribution in [3.05, 3.63) is 95.6 Å². The molecule has 1 amide bonds. The average Bonchev–Trinajstić information content (AvgIpc) is 3.60. The number of nitro benzene ring substituents is 1. The second-order valence-electron chi connectivity index (χ2n) is 15.2. The number of benzene rings is 2. The van der Waals surface area contributed by atoms with Crippen molar-refractivity contribution < 1.29 is 68.2 Å². The summed E-state index contributed by atoms with van der Waals surface area (Å²) in [5.41, 5.74) is -0.205. The maximum atomic E-state index is 15.4. The van der Waals surface area contributed by atoms with E-state index >= 15 is 4.39 Å². The number of rotatable bonds is 9. The molecule has 0 saturated carbocycles. The molecule has 1 fully saturated rings. The average molecular weight is 845 g/mol. The Bertz CT molecular complexity index is 2680. The number of amides is 1. The van der Waals surface area contributed by atoms with Crippen molar-refractivity contribution in [1.82, 2.24) is 14.9 Å². The summed E-state index contributed by atoms with van der Waals surface area (Å²) in [5.74, 6) is -1.26. The SMILES string of the molecule is C#CCC(OC(=O)N[C@@H]1CCc2c(C)c(F)cc3nc4c(c1c23)Cn1c-4cc2c(c1=O)COC(=O)C2(O)CC)c1ccc(OC2OC(C(=O)O)C(O)C(O)C2O)c([N+](=O)[O-])c1. The van der Waals surface area contributed by atoms with Gasteiger partial charge in [0.15, 0.2) is 17.5 Å². The van der Waals surface area contributed by atoms with E-state index in [-0.39, 0.29) is 66.0 Å². The summed E-state index contributed by atoms with van der Waals surface area (Å²) in [4.78, 5) is 68.2. The molecule has 19 nitrogen and oxygen atoms in total. The highest BCUT2D eigenvalue weighted by Crippen LogP contribution is 2.46. The number of nitro groups is 1. The standard InChI is InChI=1S/C41H37FN4O15/c1-4-6-27(17-7-10-28(25(11-17)46(56)57)59-38-34(49)32(47)33(48)35(61-38)37(51)52)60-40(54)44-23-9-8-18-16(3)22(42)13-24-29(18)30(23)19-14-45-26(31(19)43-24)12-21-20(36(45)50)15-58-39(53)41(21,55)5-2/h1,7,10-13,23,27,32-35,38,47-49,55H,5-6,8-9,14-15H2,2-3H3,(H,44,54)(H,51,52)/t23-,27?,32?,33?,34?,35?,38?,41?/m1/s1. The van der Waals surface area contributed by atoms with Crippen LogP contribution in [0.25, 0.3) is 22.3 Å². The van der Waals surface area contributed by atoms with Crippen LogP contribution in [-0.2, 0) is 49.0 Å². The second-order valence-corrected chi connectivity index (χ2v) is 15.2. The number of aliphatic hydroxyl groups is 4. The van der Waals surface area contributed by atoms with Crippen LogP contribution in [0.1, 0.15) is 77.3 Å². The first-order chi connectivity index (χ1) is 29.0. The summed E-state index contributed by atoms with van der Waals surface area (Å²) in [6, 6.07) is 5.31. The van der Waals surface area contributed by atoms with Crippen molar-refractivity contribution in [3.8, 4) is 29.5 Å². The second kappa shape index (κ2) is 15.2. The molecule has 1 saturated heterocycles. The Kier molecular flexibility index (Phi) is 10.3. The number of carboxylic acid groups (broad SMARTS) is 1. The maximum absolute atomic E-state index is 15.4. The summed E-state index contributed by atoms with van der Waals surface area (Å²) in [6.07, 6.45) is -6.51. The predicted molar refractivity (Wildman–Crippen MR) is 204 cm³/mol. The van der Waals surface area contributed by atoms with Crippen molar-refractivity contribution in [2.45, 2.75) is 101 Å². The third-order valence-corrected chi connectivity index (χ3v) is 11.8. The van der Waals surface area contributed by atoms with Crippen LogP contribution in [0.3, 0.4) is 0 Å². The van der Waals surface area contributed by atoms with E-state index in [4.69, 9.17) is 30.4 Å². The number of terminal acetylenes is 1. The Morgan fingerprint density at radius 2 is 1.92 bits per heavy atom. The van der Waals surface area contributed by atoms with Crippen LogP contribution in [0.2, 0.25) is 0 Å². The molecule has 20 heteroatoms. The normalized spacial score (nSPS) is 25.3. The fraction of sp³-hybridized carbons (Fsp3) is 0.390. The maximum Gasteiger partial charge on any atom is 0.408 e. The van der Waals surface area contributed by atoms with Gasteiger partial charge in [-0.25, -0.2) is 23.8 Å². The van der Waals surface area contributed by atoms with Crippen molar-refractivity contribution in [3.63, 3.8) is 0 Å². The van der Waals surface area contributed by atoms with Gasteiger partial charge in [0, 0.05) is 34.2 Å². The van der Waals surface area contributed by atoms with Crippen LogP contribution < -0.4 is 15.6 Å². The Labute approximate surface area is 343 Å². The molecule has 61 heavy (non-hydrogen) atoms. The lowest BCUT2D eigenvalue weighted by molar-refractivity contribution is -0.387. The topological polar surface area (TPSA) is 279 Å². The Balaban J connectivity index is 1.12. The smallest absolute Gasteiger partial charge is 0.408 e. The van der Waals surface area contributed by atoms with Crippen LogP contribution in [0.4, 0.5) is 14.9 Å². The van der Waals surface area contributed by atoms with E-state index in [0.29, 0.717) is 34.1 Å². The first-order valence-corrected chi connectivity index (χ1v) is 19.1. The zero-order chi connectivity index (χ0) is 43.8. The van der Waals surface area contributed by atoms with Gasteiger partial charge in [-0.1, -0.05) is 13.0 Å². The zero-order valence-corrected chi connectivity index (χ0v) is 32.3. The molecule has 6 N–H and O–H groups in total. The van der Waals surface area contributed by atoms with Gasteiger partial charge < -0.3 is 54.4 Å². The molecular formula is C41H37FN4O15. The molecule has 0 radical (unpaired) electrons. The third-order valence-electron chi connectivity index (χ3n) is 11.8. The largest absolute Gasteiger partial charge is 0.479 e. The van der Waals surface area contributed by atoms with Gasteiger partial charge in [-0.2, -0.15) is 0 Å². The molecule has 0 bridgehead atoms. The molecular weight excluding hydrogens is 807 g/mol. The number of aromatic nitrogens is 2. The molecule has 2 aromatic carbocycles. The van der Waals surface area contributed by atoms with Gasteiger partial charge in [0.1, 0.15) is 36.8 Å². The Morgan fingerprint density at radius 1 is 1.16 bits per heavy atom. The number of aliphatic hydroxyl groups excluding tert-OH is 3. The summed E-state index contributed by atoms with van der Waals surface area (Å²) in [6.45, 7) is 2.83. The highest BCUT2D eigenvalue weighted by Gasteiger charge is 2.49. The van der Waals surface area contributed by atoms with Gasteiger partial charge in [-0.15, -0.1) is 12.3 Å². The van der Waals surface area contributed by atoms with E-state index in [0.717, 1.165) is 12.1 Å². The summed E-state index contributed by atoms with van der Waals surface area (Å²) >= 11 is 0. The fourth-order valence-corrected chi connectivity index (χ4v) is 8.59. The summed E-state index contributed by atoms with van der Waals surface area (Å²) in [7, 11) is 0. The van der Waals surface area contributed by atoms with Crippen LogP contribution in [0, 0.1) is 35.2 Å². The number of carbonyl (C=O) groups excluding carboxylic acids is 2. The van der Waals surface area contributed by atoms with Gasteiger partial charge in [-0.05, 0) is 55.0 Å². The van der Waals surface area contributed by atoms with E-state index in [2.05, 4.69) is 11.2 Å². The summed E-state index contributed by atoms with van der Waals surface area (Å²) in [5, 5.41) is 66.9. The number of carboxylic acids is 1. The lowest BCUT2D eigenvalue weighted by Gasteiger charge is -2.38. The minimum Gasteiger partial charge on any atom is -0.479 e. The van der Waals surface area contributed by atoms with E-state index < -0.39 is 94.2 Å². The highest BCUT2D eigenvalue weighted by molar-refractivity contribution is 5.93. The molecule has 1 aliphatic carbocycles. The molecule has 4 aromatic rings. The number of cyclic esters (lactones) is 1. The highest BCUT2D eigenvalue weighted by atomic mass is 19.1. The number of nitrogens with one attached hydrogen (secondary N) is 1. The van der Waals surface area contributed by atoms with Crippen molar-refractivity contribution >= 4 is 34.6 Å². The number of halogens is 1. The van der Waals surface area contributed by atoms with Crippen molar-refractivity contribution in [1.29, 1.82) is 0 Å². The number of nitrogens with zero attached hydrogens (tertiary/aromatic N) is 3. The molecule has 0 spiro atoms. The minimum atomic E-state index is -2.09. The number of hydrogen-bond donors (Lipinski definition) is 6. The lowest BCUT2D eigenvalue weighted by atomic mass is 9.81. The molecule has 4 aliphatic rings. The number of aliphatic carboxylic acids is 1. The van der Waals surface area contributed by atoms with E-state index in [9.17, 15) is 54.8 Å². The number of hydrogen-bond acceptors (Lipinski definition) is 15. The molecule has 3 aliphatic heterocycles. The Morgan fingerprint density at radius 3 is 2.61 bits per heavy atom. The molecule has 7 unspecified atom stereocenters.